The van der Waals surface area contributed by atoms with E-state index in [2.05, 4.69) is 20.7 Å². The number of methoxy groups -OCH3 is 2. The summed E-state index contributed by atoms with van der Waals surface area (Å²) in [6.07, 6.45) is 0. The van der Waals surface area contributed by atoms with Crippen molar-refractivity contribution in [2.24, 2.45) is 0 Å². The molecule has 1 aliphatic heterocycles. The summed E-state index contributed by atoms with van der Waals surface area (Å²) < 4.78 is 15.1. The molecule has 1 heterocycles. The fourth-order valence-electron chi connectivity index (χ4n) is 2.33. The summed E-state index contributed by atoms with van der Waals surface area (Å²) in [6, 6.07) is 2.91. The summed E-state index contributed by atoms with van der Waals surface area (Å²) in [5, 5.41) is 9.47. The number of nitrogens with zero attached hydrogens (tertiary/aromatic N) is 1. The minimum Gasteiger partial charge on any atom is -0.478 e. The van der Waals surface area contributed by atoms with Gasteiger partial charge < -0.3 is 24.2 Å². The normalized spacial score (nSPS) is 14.3. The maximum Gasteiger partial charge on any atom is 0.355 e. The predicted molar refractivity (Wildman–Crippen MR) is 90.5 cm³/mol. The zero-order valence-electron chi connectivity index (χ0n) is 13.2. The number of aromatic carboxylic acids is 1. The third-order valence-corrected chi connectivity index (χ3v) is 4.35. The van der Waals surface area contributed by atoms with Crippen LogP contribution in [-0.4, -0.2) is 50.6 Å². The van der Waals surface area contributed by atoms with Crippen LogP contribution in [0.2, 0.25) is 5.02 Å². The van der Waals surface area contributed by atoms with Crippen LogP contribution in [0, 0.1) is 0 Å². The minimum absolute atomic E-state index is 0.0416. The second-order valence-electron chi connectivity index (χ2n) is 4.77. The van der Waals surface area contributed by atoms with Crippen molar-refractivity contribution in [1.82, 2.24) is 0 Å². The third kappa shape index (κ3) is 3.63. The molecule has 1 N–H and O–H groups in total. The number of carboxylic acid groups (broad SMARTS) is 1. The number of esters is 2. The van der Waals surface area contributed by atoms with Crippen molar-refractivity contribution in [3.8, 4) is 0 Å². The van der Waals surface area contributed by atoms with Crippen LogP contribution in [0.5, 0.6) is 0 Å². The van der Waals surface area contributed by atoms with Crippen molar-refractivity contribution in [3.63, 3.8) is 0 Å². The summed E-state index contributed by atoms with van der Waals surface area (Å²) in [4.78, 5) is 37.1. The molecule has 0 atom stereocenters. The molecule has 0 spiro atoms. The maximum atomic E-state index is 12.3. The third-order valence-electron chi connectivity index (χ3n) is 3.39. The number of halogens is 2. The van der Waals surface area contributed by atoms with Crippen molar-refractivity contribution < 1.29 is 33.7 Å². The van der Waals surface area contributed by atoms with E-state index in [1.807, 2.05) is 0 Å². The summed E-state index contributed by atoms with van der Waals surface area (Å²) >= 11 is 9.26. The van der Waals surface area contributed by atoms with Crippen LogP contribution in [0.3, 0.4) is 0 Å². The monoisotopic (exact) mass is 433 g/mol. The summed E-state index contributed by atoms with van der Waals surface area (Å²) in [5.41, 5.74) is -0.469. The Morgan fingerprint density at radius 1 is 1.24 bits per heavy atom. The molecule has 0 saturated heterocycles. The number of carbonyl (C=O) groups is 3. The van der Waals surface area contributed by atoms with E-state index in [0.717, 1.165) is 14.2 Å². The van der Waals surface area contributed by atoms with Crippen LogP contribution in [0.15, 0.2) is 27.9 Å². The Kier molecular flexibility index (Phi) is 6.04. The predicted octanol–water partition coefficient (Wildman–Crippen LogP) is 2.19. The van der Waals surface area contributed by atoms with Gasteiger partial charge in [-0.2, -0.15) is 0 Å². The number of hydrogen-bond donors (Lipinski definition) is 1. The fourth-order valence-corrected chi connectivity index (χ4v) is 3.11. The highest BCUT2D eigenvalue weighted by molar-refractivity contribution is 9.10. The molecule has 0 aliphatic carbocycles. The Hall–Kier alpha value is -2.10. The molecule has 10 heteroatoms. The van der Waals surface area contributed by atoms with E-state index in [1.54, 1.807) is 0 Å². The first-order valence-electron chi connectivity index (χ1n) is 6.79. The first-order valence-corrected chi connectivity index (χ1v) is 7.96. The second kappa shape index (κ2) is 7.85. The molecule has 0 bridgehead atoms. The average molecular weight is 435 g/mol. The van der Waals surface area contributed by atoms with Crippen molar-refractivity contribution in [2.45, 2.75) is 0 Å². The van der Waals surface area contributed by atoms with E-state index >= 15 is 0 Å². The number of hydrogen-bond acceptors (Lipinski definition) is 7. The summed E-state index contributed by atoms with van der Waals surface area (Å²) in [6.45, 7) is -0.377. The molecular formula is C15H13BrClNO7. The quantitative estimate of drug-likeness (QED) is 0.720. The fraction of sp³-hybridized carbons (Fsp3) is 0.267. The van der Waals surface area contributed by atoms with Gasteiger partial charge in [0, 0.05) is 4.47 Å². The van der Waals surface area contributed by atoms with Gasteiger partial charge in [0.05, 0.1) is 37.1 Å². The van der Waals surface area contributed by atoms with Crippen LogP contribution >= 0.6 is 27.5 Å². The van der Waals surface area contributed by atoms with Gasteiger partial charge in [-0.1, -0.05) is 11.6 Å². The van der Waals surface area contributed by atoms with Crippen LogP contribution in [0.1, 0.15) is 10.4 Å². The summed E-state index contributed by atoms with van der Waals surface area (Å²) in [7, 11) is 2.30. The molecule has 25 heavy (non-hydrogen) atoms. The van der Waals surface area contributed by atoms with Gasteiger partial charge in [0.25, 0.3) is 0 Å². The van der Waals surface area contributed by atoms with Gasteiger partial charge in [-0.05, 0) is 28.1 Å². The van der Waals surface area contributed by atoms with Crippen LogP contribution < -0.4 is 4.90 Å². The second-order valence-corrected chi connectivity index (χ2v) is 6.04. The van der Waals surface area contributed by atoms with Gasteiger partial charge in [0.15, 0.2) is 0 Å². The lowest BCUT2D eigenvalue weighted by Crippen LogP contribution is -2.39. The Balaban J connectivity index is 2.77. The lowest BCUT2D eigenvalue weighted by molar-refractivity contribution is -0.140. The standard InChI is InChI=1S/C15H13BrClNO7/c1-23-14(21)7-5-25-6-18(11(7)15(22)24-2)12-8(16)3-4-9(17)10(12)13(19)20/h3-4H,5-6H2,1-2H3,(H,19,20). The molecule has 0 saturated carbocycles. The molecule has 0 unspecified atom stereocenters. The molecule has 0 amide bonds. The van der Waals surface area contributed by atoms with E-state index in [1.165, 1.54) is 17.0 Å². The average Bonchev–Trinajstić information content (AvgIpc) is 2.61. The van der Waals surface area contributed by atoms with Gasteiger partial charge in [0.2, 0.25) is 0 Å². The summed E-state index contributed by atoms with van der Waals surface area (Å²) in [5.74, 6) is -2.94. The number of ether oxygens (including phenoxy) is 3. The molecule has 134 valence electrons. The number of benzene rings is 1. The van der Waals surface area contributed by atoms with Crippen LogP contribution in [0.25, 0.3) is 0 Å². The lowest BCUT2D eigenvalue weighted by atomic mass is 10.1. The molecular weight excluding hydrogens is 422 g/mol. The van der Waals surface area contributed by atoms with Gasteiger partial charge in [-0.3, -0.25) is 0 Å². The van der Waals surface area contributed by atoms with Crippen LogP contribution in [0.4, 0.5) is 5.69 Å². The number of rotatable bonds is 4. The van der Waals surface area contributed by atoms with Crippen molar-refractivity contribution in [1.29, 1.82) is 0 Å². The smallest absolute Gasteiger partial charge is 0.355 e. The number of carbonyl (C=O) groups excluding carboxylic acids is 2. The molecule has 8 nitrogen and oxygen atoms in total. The highest BCUT2D eigenvalue weighted by Crippen LogP contribution is 2.38. The van der Waals surface area contributed by atoms with Crippen LogP contribution in [-0.2, 0) is 23.8 Å². The maximum absolute atomic E-state index is 12.3. The number of anilines is 1. The molecule has 0 aromatic heterocycles. The highest BCUT2D eigenvalue weighted by atomic mass is 79.9. The first-order chi connectivity index (χ1) is 11.8. The lowest BCUT2D eigenvalue weighted by Gasteiger charge is -2.32. The largest absolute Gasteiger partial charge is 0.478 e. The molecule has 0 fully saturated rings. The van der Waals surface area contributed by atoms with E-state index in [0.29, 0.717) is 4.47 Å². The Bertz CT molecular complexity index is 777. The van der Waals surface area contributed by atoms with E-state index in [4.69, 9.17) is 21.1 Å². The van der Waals surface area contributed by atoms with E-state index in [-0.39, 0.29) is 40.9 Å². The van der Waals surface area contributed by atoms with Gasteiger partial charge in [-0.15, -0.1) is 0 Å². The van der Waals surface area contributed by atoms with Gasteiger partial charge in [-0.25, -0.2) is 14.4 Å². The zero-order valence-corrected chi connectivity index (χ0v) is 15.5. The molecule has 0 radical (unpaired) electrons. The minimum atomic E-state index is -1.31. The van der Waals surface area contributed by atoms with E-state index < -0.39 is 17.9 Å². The van der Waals surface area contributed by atoms with Crippen molar-refractivity contribution >= 4 is 51.1 Å². The highest BCUT2D eigenvalue weighted by Gasteiger charge is 2.35. The topological polar surface area (TPSA) is 102 Å². The van der Waals surface area contributed by atoms with Crippen molar-refractivity contribution in [2.75, 3.05) is 32.5 Å². The first kappa shape index (κ1) is 19.2. The van der Waals surface area contributed by atoms with Crippen molar-refractivity contribution in [3.05, 3.63) is 38.5 Å². The van der Waals surface area contributed by atoms with Gasteiger partial charge in [0.1, 0.15) is 18.0 Å². The molecule has 1 aliphatic rings. The SMILES string of the molecule is COC(=O)C1=C(C(=O)OC)N(c2c(Br)ccc(Cl)c2C(=O)O)COC1. The molecule has 1 aromatic rings. The van der Waals surface area contributed by atoms with Gasteiger partial charge >= 0.3 is 17.9 Å². The Morgan fingerprint density at radius 3 is 2.44 bits per heavy atom. The Morgan fingerprint density at radius 2 is 1.88 bits per heavy atom. The molecule has 2 rings (SSSR count). The number of carboxylic acids is 1. The zero-order chi connectivity index (χ0) is 18.7. The Labute approximate surface area is 156 Å². The van der Waals surface area contributed by atoms with E-state index in [9.17, 15) is 19.5 Å². The molecule has 1 aromatic carbocycles.